The van der Waals surface area contributed by atoms with Crippen molar-refractivity contribution in [2.75, 3.05) is 19.6 Å². The van der Waals surface area contributed by atoms with Crippen molar-refractivity contribution in [1.82, 2.24) is 25.0 Å². The van der Waals surface area contributed by atoms with Crippen molar-refractivity contribution in [3.05, 3.63) is 48.0 Å². The molecule has 0 spiro atoms. The van der Waals surface area contributed by atoms with Crippen LogP contribution in [-0.4, -0.2) is 51.1 Å². The van der Waals surface area contributed by atoms with Crippen LogP contribution in [0.25, 0.3) is 0 Å². The van der Waals surface area contributed by atoms with E-state index in [1.807, 2.05) is 17.0 Å². The Morgan fingerprint density at radius 3 is 2.54 bits per heavy atom. The zero-order chi connectivity index (χ0) is 16.8. The minimum absolute atomic E-state index is 0.121. The number of hydrogen-bond acceptors (Lipinski definition) is 4. The maximum atomic E-state index is 12.1. The molecule has 1 N–H and O–H groups in total. The van der Waals surface area contributed by atoms with E-state index in [1.54, 1.807) is 23.1 Å². The van der Waals surface area contributed by atoms with E-state index >= 15 is 0 Å². The van der Waals surface area contributed by atoms with Crippen LogP contribution in [-0.2, 0) is 11.3 Å². The van der Waals surface area contributed by atoms with Crippen LogP contribution >= 0.6 is 0 Å². The van der Waals surface area contributed by atoms with Gasteiger partial charge in [0.25, 0.3) is 5.91 Å². The first-order valence-corrected chi connectivity index (χ1v) is 8.20. The van der Waals surface area contributed by atoms with Gasteiger partial charge in [0.15, 0.2) is 0 Å². The zero-order valence-corrected chi connectivity index (χ0v) is 13.5. The lowest BCUT2D eigenvalue weighted by atomic mass is 10.1. The van der Waals surface area contributed by atoms with Gasteiger partial charge in [-0.1, -0.05) is 12.1 Å². The van der Waals surface area contributed by atoms with Crippen molar-refractivity contribution in [2.45, 2.75) is 25.8 Å². The summed E-state index contributed by atoms with van der Waals surface area (Å²) in [5, 5.41) is 6.85. The number of carbonyl (C=O) groups excluding carboxylic acids is 2. The first-order valence-electron chi connectivity index (χ1n) is 8.20. The molecule has 126 valence electrons. The first-order chi connectivity index (χ1) is 11.7. The molecule has 1 aromatic heterocycles. The molecule has 1 aliphatic heterocycles. The number of benzene rings is 1. The van der Waals surface area contributed by atoms with Crippen LogP contribution < -0.4 is 5.32 Å². The molecule has 2 aromatic rings. The molecule has 0 bridgehead atoms. The summed E-state index contributed by atoms with van der Waals surface area (Å²) >= 11 is 0. The van der Waals surface area contributed by atoms with Crippen molar-refractivity contribution in [2.24, 2.45) is 0 Å². The Morgan fingerprint density at radius 1 is 1.12 bits per heavy atom. The minimum Gasteiger partial charge on any atom is -0.352 e. The molecule has 0 radical (unpaired) electrons. The molecule has 0 atom stereocenters. The topological polar surface area (TPSA) is 80.1 Å². The number of aromatic nitrogens is 3. The Labute approximate surface area is 140 Å². The predicted molar refractivity (Wildman–Crippen MR) is 88.3 cm³/mol. The van der Waals surface area contributed by atoms with Gasteiger partial charge in [-0.05, 0) is 30.5 Å². The Bertz CT molecular complexity index is 676. The molecule has 1 aliphatic rings. The highest BCUT2D eigenvalue weighted by molar-refractivity contribution is 5.94. The second-order valence-electron chi connectivity index (χ2n) is 5.88. The van der Waals surface area contributed by atoms with E-state index in [2.05, 4.69) is 15.4 Å². The lowest BCUT2D eigenvalue weighted by Crippen LogP contribution is -2.32. The summed E-state index contributed by atoms with van der Waals surface area (Å²) in [4.78, 5) is 29.8. The molecule has 7 heteroatoms. The largest absolute Gasteiger partial charge is 0.352 e. The van der Waals surface area contributed by atoms with Crippen molar-refractivity contribution < 1.29 is 9.59 Å². The van der Waals surface area contributed by atoms with Crippen LogP contribution in [0.5, 0.6) is 0 Å². The number of nitrogens with one attached hydrogen (secondary N) is 1. The van der Waals surface area contributed by atoms with E-state index in [0.717, 1.165) is 31.5 Å². The average Bonchev–Trinajstić information content (AvgIpc) is 3.29. The summed E-state index contributed by atoms with van der Waals surface area (Å²) < 4.78 is 1.72. The number of carbonyl (C=O) groups is 2. The van der Waals surface area contributed by atoms with E-state index < -0.39 is 0 Å². The molecular formula is C17H21N5O2. The Kier molecular flexibility index (Phi) is 5.20. The third-order valence-corrected chi connectivity index (χ3v) is 4.11. The number of likely N-dealkylation sites (tertiary alicyclic amines) is 1. The highest BCUT2D eigenvalue weighted by atomic mass is 16.2. The molecule has 0 unspecified atom stereocenters. The van der Waals surface area contributed by atoms with Crippen LogP contribution in [0.1, 0.15) is 35.2 Å². The minimum atomic E-state index is -0.156. The number of nitrogens with zero attached hydrogens (tertiary/aromatic N) is 4. The number of hydrogen-bond donors (Lipinski definition) is 1. The lowest BCUT2D eigenvalue weighted by molar-refractivity contribution is -0.129. The van der Waals surface area contributed by atoms with Gasteiger partial charge >= 0.3 is 0 Å². The van der Waals surface area contributed by atoms with E-state index in [9.17, 15) is 9.59 Å². The van der Waals surface area contributed by atoms with Gasteiger partial charge in [0.2, 0.25) is 5.91 Å². The Hall–Kier alpha value is -2.70. The third-order valence-electron chi connectivity index (χ3n) is 4.11. The highest BCUT2D eigenvalue weighted by Gasteiger charge is 2.17. The molecule has 1 saturated heterocycles. The zero-order valence-electron chi connectivity index (χ0n) is 13.5. The second kappa shape index (κ2) is 7.72. The van der Waals surface area contributed by atoms with Crippen LogP contribution in [0.2, 0.25) is 0 Å². The van der Waals surface area contributed by atoms with Gasteiger partial charge in [0.05, 0.1) is 6.54 Å². The van der Waals surface area contributed by atoms with Crippen LogP contribution in [0.3, 0.4) is 0 Å². The standard InChI is InChI=1S/C17H21N5O2/c23-16(21-9-1-2-10-21)7-8-19-17(24)15-5-3-14(4-6-15)11-22-13-18-12-20-22/h3-6,12-13H,1-2,7-11H2,(H,19,24). The van der Waals surface area contributed by atoms with E-state index in [1.165, 1.54) is 6.33 Å². The fraction of sp³-hybridized carbons (Fsp3) is 0.412. The van der Waals surface area contributed by atoms with Gasteiger partial charge in [-0.3, -0.25) is 9.59 Å². The second-order valence-corrected chi connectivity index (χ2v) is 5.88. The van der Waals surface area contributed by atoms with Gasteiger partial charge < -0.3 is 10.2 Å². The molecule has 1 aromatic carbocycles. The molecule has 2 amide bonds. The first kappa shape index (κ1) is 16.2. The summed E-state index contributed by atoms with van der Waals surface area (Å²) in [6.45, 7) is 2.68. The fourth-order valence-corrected chi connectivity index (χ4v) is 2.77. The smallest absolute Gasteiger partial charge is 0.251 e. The molecule has 24 heavy (non-hydrogen) atoms. The fourth-order valence-electron chi connectivity index (χ4n) is 2.77. The quantitative estimate of drug-likeness (QED) is 0.860. The van der Waals surface area contributed by atoms with Gasteiger partial charge in [-0.2, -0.15) is 5.10 Å². The average molecular weight is 327 g/mol. The number of rotatable bonds is 6. The molecule has 2 heterocycles. The molecule has 1 fully saturated rings. The Morgan fingerprint density at radius 2 is 1.88 bits per heavy atom. The molecule has 0 saturated carbocycles. The van der Waals surface area contributed by atoms with Crippen LogP contribution in [0, 0.1) is 0 Å². The predicted octanol–water partition coefficient (Wildman–Crippen LogP) is 1.07. The summed E-state index contributed by atoms with van der Waals surface area (Å²) in [5.41, 5.74) is 1.63. The van der Waals surface area contributed by atoms with E-state index in [0.29, 0.717) is 25.1 Å². The van der Waals surface area contributed by atoms with Crippen molar-refractivity contribution in [3.8, 4) is 0 Å². The summed E-state index contributed by atoms with van der Waals surface area (Å²) in [7, 11) is 0. The van der Waals surface area contributed by atoms with E-state index in [-0.39, 0.29) is 11.8 Å². The van der Waals surface area contributed by atoms with Crippen molar-refractivity contribution >= 4 is 11.8 Å². The lowest BCUT2D eigenvalue weighted by Gasteiger charge is -2.15. The summed E-state index contributed by atoms with van der Waals surface area (Å²) in [6, 6.07) is 7.35. The van der Waals surface area contributed by atoms with Crippen LogP contribution in [0.15, 0.2) is 36.9 Å². The maximum Gasteiger partial charge on any atom is 0.251 e. The molecule has 7 nitrogen and oxygen atoms in total. The van der Waals surface area contributed by atoms with Gasteiger partial charge in [-0.25, -0.2) is 9.67 Å². The van der Waals surface area contributed by atoms with Gasteiger partial charge in [-0.15, -0.1) is 0 Å². The SMILES string of the molecule is O=C(NCCC(=O)N1CCCC1)c1ccc(Cn2cncn2)cc1. The van der Waals surface area contributed by atoms with E-state index in [4.69, 9.17) is 0 Å². The maximum absolute atomic E-state index is 12.1. The normalized spacial score (nSPS) is 13.9. The molecular weight excluding hydrogens is 306 g/mol. The number of amides is 2. The van der Waals surface area contributed by atoms with Gasteiger partial charge in [0, 0.05) is 31.6 Å². The van der Waals surface area contributed by atoms with Crippen molar-refractivity contribution in [3.63, 3.8) is 0 Å². The summed E-state index contributed by atoms with van der Waals surface area (Å²) in [5.74, 6) is -0.0347. The molecule has 0 aliphatic carbocycles. The monoisotopic (exact) mass is 327 g/mol. The summed E-state index contributed by atoms with van der Waals surface area (Å²) in [6.07, 6.45) is 5.66. The molecule has 3 rings (SSSR count). The Balaban J connectivity index is 1.45. The van der Waals surface area contributed by atoms with Crippen LogP contribution in [0.4, 0.5) is 0 Å². The highest BCUT2D eigenvalue weighted by Crippen LogP contribution is 2.09. The third kappa shape index (κ3) is 4.18. The van der Waals surface area contributed by atoms with Gasteiger partial charge in [0.1, 0.15) is 12.7 Å². The van der Waals surface area contributed by atoms with Crippen molar-refractivity contribution in [1.29, 1.82) is 0 Å².